The van der Waals surface area contributed by atoms with Crippen LogP contribution in [0, 0.1) is 5.92 Å². The lowest BCUT2D eigenvalue weighted by molar-refractivity contribution is -0.148. The smallest absolute Gasteiger partial charge is 0.376 e. The summed E-state index contributed by atoms with van der Waals surface area (Å²) in [6.45, 7) is 7.17. The second-order valence-corrected chi connectivity index (χ2v) is 5.85. The molecule has 1 unspecified atom stereocenters. The van der Waals surface area contributed by atoms with Gasteiger partial charge < -0.3 is 19.9 Å². The van der Waals surface area contributed by atoms with Crippen molar-refractivity contribution >= 4 is 13.0 Å². The molecule has 0 aliphatic carbocycles. The molecule has 3 atom stereocenters. The average Bonchev–Trinajstić information content (AvgIpc) is 2.92. The first-order chi connectivity index (χ1) is 10.5. The van der Waals surface area contributed by atoms with Gasteiger partial charge in [0.05, 0.1) is 12.5 Å². The van der Waals surface area contributed by atoms with Crippen LogP contribution in [-0.4, -0.2) is 48.6 Å². The molecule has 2 N–H and O–H groups in total. The summed E-state index contributed by atoms with van der Waals surface area (Å²) in [6, 6.07) is 10.3. The fourth-order valence-electron chi connectivity index (χ4n) is 2.96. The number of ether oxygens (including phenoxy) is 1. The van der Waals surface area contributed by atoms with E-state index in [4.69, 9.17) is 4.74 Å². The van der Waals surface area contributed by atoms with E-state index >= 15 is 0 Å². The molecule has 1 saturated heterocycles. The largest absolute Gasteiger partial charge is 0.466 e. The van der Waals surface area contributed by atoms with Crippen LogP contribution in [0.2, 0.25) is 6.82 Å². The summed E-state index contributed by atoms with van der Waals surface area (Å²) in [7, 11) is -0.559. The molecule has 6 heteroatoms. The average molecular weight is 304 g/mol. The fraction of sp³-hybridized carbons (Fsp3) is 0.562. The lowest BCUT2D eigenvalue weighted by Crippen LogP contribution is -2.42. The Morgan fingerprint density at radius 2 is 2.14 bits per heavy atom. The maximum absolute atomic E-state index is 12.2. The second kappa shape index (κ2) is 7.76. The van der Waals surface area contributed by atoms with Crippen molar-refractivity contribution in [2.45, 2.75) is 32.8 Å². The van der Waals surface area contributed by atoms with Crippen LogP contribution in [0.5, 0.6) is 0 Å². The Labute approximate surface area is 132 Å². The summed E-state index contributed by atoms with van der Waals surface area (Å²) >= 11 is 0. The van der Waals surface area contributed by atoms with Crippen LogP contribution >= 0.6 is 0 Å². The van der Waals surface area contributed by atoms with E-state index < -0.39 is 7.05 Å². The number of nitrogens with zero attached hydrogens (tertiary/aromatic N) is 1. The highest BCUT2D eigenvalue weighted by atomic mass is 16.5. The number of carbonyl (C=O) groups is 1. The third-order valence-corrected chi connectivity index (χ3v) is 4.23. The molecule has 0 saturated carbocycles. The Bertz CT molecular complexity index is 484. The number of esters is 1. The van der Waals surface area contributed by atoms with Gasteiger partial charge in [0.1, 0.15) is 0 Å². The van der Waals surface area contributed by atoms with E-state index in [-0.39, 0.29) is 24.0 Å². The molecular formula is C16H25BN2O3. The maximum atomic E-state index is 12.2. The van der Waals surface area contributed by atoms with E-state index in [2.05, 4.69) is 24.4 Å². The molecule has 5 nitrogen and oxygen atoms in total. The van der Waals surface area contributed by atoms with Crippen molar-refractivity contribution in [2.75, 3.05) is 19.7 Å². The van der Waals surface area contributed by atoms with Crippen molar-refractivity contribution in [3.63, 3.8) is 0 Å². The Kier molecular flexibility index (Phi) is 6.00. The molecule has 120 valence electrons. The predicted octanol–water partition coefficient (Wildman–Crippen LogP) is 1.31. The van der Waals surface area contributed by atoms with Crippen molar-refractivity contribution in [1.82, 2.24) is 10.1 Å². The van der Waals surface area contributed by atoms with Gasteiger partial charge in [0.2, 0.25) is 0 Å². The molecule has 1 heterocycles. The van der Waals surface area contributed by atoms with E-state index in [1.165, 1.54) is 5.56 Å². The summed E-state index contributed by atoms with van der Waals surface area (Å²) < 4.78 is 5.18. The first-order valence-electron chi connectivity index (χ1n) is 7.92. The Balaban J connectivity index is 2.06. The standard InChI is InChI=1S/C16H25BN2O3/c1-4-22-16(20)14-10-19(17(3)21)11-15(14)18-12(2)13-8-6-5-7-9-13/h5-9,12,14-15,18,21H,4,10-11H2,1-3H3/t12-,14+,15?/m1/s1. The van der Waals surface area contributed by atoms with Gasteiger partial charge in [-0.1, -0.05) is 30.3 Å². The topological polar surface area (TPSA) is 61.8 Å². The summed E-state index contributed by atoms with van der Waals surface area (Å²) in [4.78, 5) is 14.1. The van der Waals surface area contributed by atoms with Crippen LogP contribution in [-0.2, 0) is 9.53 Å². The van der Waals surface area contributed by atoms with Gasteiger partial charge in [-0.3, -0.25) is 4.79 Å². The molecular weight excluding hydrogens is 279 g/mol. The Morgan fingerprint density at radius 1 is 1.45 bits per heavy atom. The van der Waals surface area contributed by atoms with E-state index in [1.54, 1.807) is 6.82 Å². The van der Waals surface area contributed by atoms with Crippen LogP contribution in [0.3, 0.4) is 0 Å². The Hall–Kier alpha value is -1.37. The molecule has 1 fully saturated rings. The van der Waals surface area contributed by atoms with Gasteiger partial charge in [-0.05, 0) is 26.2 Å². The molecule has 22 heavy (non-hydrogen) atoms. The first kappa shape index (κ1) is 17.0. The molecule has 0 spiro atoms. The second-order valence-electron chi connectivity index (χ2n) is 5.85. The van der Waals surface area contributed by atoms with Crippen LogP contribution in [0.1, 0.15) is 25.5 Å². The number of benzene rings is 1. The lowest BCUT2D eigenvalue weighted by atomic mass is 9.86. The minimum Gasteiger partial charge on any atom is -0.466 e. The highest BCUT2D eigenvalue weighted by Gasteiger charge is 2.41. The summed E-state index contributed by atoms with van der Waals surface area (Å²) in [6.07, 6.45) is 0. The number of rotatable bonds is 6. The normalized spacial score (nSPS) is 23.3. The summed E-state index contributed by atoms with van der Waals surface area (Å²) in [5.74, 6) is -0.441. The van der Waals surface area contributed by atoms with E-state index in [0.717, 1.165) is 0 Å². The summed E-state index contributed by atoms with van der Waals surface area (Å²) in [5, 5.41) is 13.3. The summed E-state index contributed by atoms with van der Waals surface area (Å²) in [5.41, 5.74) is 1.18. The van der Waals surface area contributed by atoms with Crippen molar-refractivity contribution < 1.29 is 14.6 Å². The number of hydrogen-bond acceptors (Lipinski definition) is 5. The van der Waals surface area contributed by atoms with Gasteiger partial charge in [-0.15, -0.1) is 0 Å². The van der Waals surface area contributed by atoms with Gasteiger partial charge in [-0.25, -0.2) is 0 Å². The first-order valence-corrected chi connectivity index (χ1v) is 7.92. The zero-order valence-corrected chi connectivity index (χ0v) is 13.5. The lowest BCUT2D eigenvalue weighted by Gasteiger charge is -2.23. The third kappa shape index (κ3) is 4.09. The van der Waals surface area contributed by atoms with Crippen LogP contribution in [0.15, 0.2) is 30.3 Å². The molecule has 1 aromatic carbocycles. The van der Waals surface area contributed by atoms with Gasteiger partial charge >= 0.3 is 13.0 Å². The third-order valence-electron chi connectivity index (χ3n) is 4.23. The van der Waals surface area contributed by atoms with E-state index in [1.807, 2.05) is 29.9 Å². The Morgan fingerprint density at radius 3 is 2.73 bits per heavy atom. The van der Waals surface area contributed by atoms with Crippen LogP contribution < -0.4 is 5.32 Å². The molecule has 1 aliphatic heterocycles. The van der Waals surface area contributed by atoms with Crippen LogP contribution in [0.25, 0.3) is 0 Å². The molecule has 1 aliphatic rings. The van der Waals surface area contributed by atoms with Gasteiger partial charge in [-0.2, -0.15) is 0 Å². The predicted molar refractivity (Wildman–Crippen MR) is 87.3 cm³/mol. The SMILES string of the molecule is CCOC(=O)[C@H]1CN(B(C)O)CC1N[C@H](C)c1ccccc1. The monoisotopic (exact) mass is 304 g/mol. The zero-order chi connectivity index (χ0) is 16.1. The fourth-order valence-corrected chi connectivity index (χ4v) is 2.96. The van der Waals surface area contributed by atoms with Crippen molar-refractivity contribution in [1.29, 1.82) is 0 Å². The molecule has 1 aromatic rings. The van der Waals surface area contributed by atoms with Crippen molar-refractivity contribution in [3.05, 3.63) is 35.9 Å². The quantitative estimate of drug-likeness (QED) is 0.613. The molecule has 0 amide bonds. The molecule has 0 radical (unpaired) electrons. The number of hydrogen-bond donors (Lipinski definition) is 2. The number of carbonyl (C=O) groups excluding carboxylic acids is 1. The van der Waals surface area contributed by atoms with E-state index in [9.17, 15) is 9.82 Å². The van der Waals surface area contributed by atoms with Gasteiger partial charge in [0.25, 0.3) is 0 Å². The van der Waals surface area contributed by atoms with E-state index in [0.29, 0.717) is 19.7 Å². The van der Waals surface area contributed by atoms with Crippen molar-refractivity contribution in [2.24, 2.45) is 5.92 Å². The van der Waals surface area contributed by atoms with Crippen LogP contribution in [0.4, 0.5) is 0 Å². The highest BCUT2D eigenvalue weighted by Crippen LogP contribution is 2.23. The minimum atomic E-state index is -0.559. The van der Waals surface area contributed by atoms with Gasteiger partial charge in [0.15, 0.2) is 0 Å². The zero-order valence-electron chi connectivity index (χ0n) is 13.5. The molecule has 0 aromatic heterocycles. The van der Waals surface area contributed by atoms with Gasteiger partial charge in [0, 0.05) is 25.2 Å². The van der Waals surface area contributed by atoms with Crippen molar-refractivity contribution in [3.8, 4) is 0 Å². The maximum Gasteiger partial charge on any atom is 0.376 e. The molecule has 0 bridgehead atoms. The highest BCUT2D eigenvalue weighted by molar-refractivity contribution is 6.45. The minimum absolute atomic E-state index is 0.0242. The number of nitrogens with one attached hydrogen (secondary N) is 1. The molecule has 2 rings (SSSR count).